The predicted octanol–water partition coefficient (Wildman–Crippen LogP) is 5.38. The number of nitrogens with zero attached hydrogens (tertiary/aromatic N) is 3. The summed E-state index contributed by atoms with van der Waals surface area (Å²) in [7, 11) is 1.70. The first kappa shape index (κ1) is 22.0. The summed E-state index contributed by atoms with van der Waals surface area (Å²) in [6.07, 6.45) is 1.54. The molecule has 158 valence electrons. The van der Waals surface area contributed by atoms with Crippen LogP contribution in [0.3, 0.4) is 0 Å². The Balaban J connectivity index is 0.00000256. The number of ether oxygens (including phenoxy) is 1. The van der Waals surface area contributed by atoms with Crippen LogP contribution in [0.5, 0.6) is 5.75 Å². The van der Waals surface area contributed by atoms with Gasteiger partial charge < -0.3 is 9.64 Å². The van der Waals surface area contributed by atoms with Gasteiger partial charge in [0.25, 0.3) is 0 Å². The van der Waals surface area contributed by atoms with Gasteiger partial charge in [0, 0.05) is 24.2 Å². The Labute approximate surface area is 183 Å². The van der Waals surface area contributed by atoms with E-state index in [0.717, 1.165) is 47.2 Å². The number of hydrogen-bond acceptors (Lipinski definition) is 4. The molecule has 1 aliphatic heterocycles. The first-order valence-electron chi connectivity index (χ1n) is 9.98. The summed E-state index contributed by atoms with van der Waals surface area (Å²) < 4.78 is 18.6. The normalized spacial score (nSPS) is 15.4. The van der Waals surface area contributed by atoms with Crippen molar-refractivity contribution in [1.29, 1.82) is 0 Å². The Hall–Kier alpha value is -2.66. The molecule has 0 spiro atoms. The average Bonchev–Trinajstić information content (AvgIpc) is 2.72. The standard InChI is InChI=1S/C24H26FN3O.ClH/c1-15-16(2)26-23(13-18-5-7-20(25)8-6-18)27-24(15)28-12-11-19-14-21(29-4)9-10-22(19)17(28)3;/h5-10,14,17H,11-13H2,1-4H3;1H. The summed E-state index contributed by atoms with van der Waals surface area (Å²) in [6.45, 7) is 7.24. The molecule has 0 fully saturated rings. The van der Waals surface area contributed by atoms with Crippen molar-refractivity contribution in [2.24, 2.45) is 0 Å². The maximum Gasteiger partial charge on any atom is 0.136 e. The minimum atomic E-state index is -0.229. The molecule has 1 atom stereocenters. The van der Waals surface area contributed by atoms with Gasteiger partial charge in [-0.1, -0.05) is 18.2 Å². The van der Waals surface area contributed by atoms with Crippen LogP contribution in [-0.2, 0) is 12.8 Å². The van der Waals surface area contributed by atoms with Crippen LogP contribution in [0.2, 0.25) is 0 Å². The number of aryl methyl sites for hydroxylation is 1. The molecular formula is C24H27ClFN3O. The second-order valence-electron chi connectivity index (χ2n) is 7.66. The van der Waals surface area contributed by atoms with Gasteiger partial charge >= 0.3 is 0 Å². The molecule has 30 heavy (non-hydrogen) atoms. The Morgan fingerprint density at radius 2 is 1.83 bits per heavy atom. The maximum atomic E-state index is 13.2. The van der Waals surface area contributed by atoms with E-state index in [9.17, 15) is 4.39 Å². The van der Waals surface area contributed by atoms with Crippen molar-refractivity contribution in [2.45, 2.75) is 39.7 Å². The first-order chi connectivity index (χ1) is 14.0. The van der Waals surface area contributed by atoms with E-state index in [1.807, 2.05) is 13.0 Å². The molecule has 1 aliphatic rings. The topological polar surface area (TPSA) is 38.2 Å². The minimum absolute atomic E-state index is 0. The van der Waals surface area contributed by atoms with Crippen LogP contribution in [0.4, 0.5) is 10.2 Å². The molecule has 1 aromatic heterocycles. The van der Waals surface area contributed by atoms with E-state index in [2.05, 4.69) is 35.9 Å². The molecule has 1 unspecified atom stereocenters. The zero-order valence-electron chi connectivity index (χ0n) is 17.8. The fourth-order valence-corrected chi connectivity index (χ4v) is 4.04. The Morgan fingerprint density at radius 3 is 2.53 bits per heavy atom. The lowest BCUT2D eigenvalue weighted by molar-refractivity contribution is 0.413. The molecule has 0 aliphatic carbocycles. The number of fused-ring (bicyclic) bond motifs is 1. The third-order valence-corrected chi connectivity index (χ3v) is 5.85. The van der Waals surface area contributed by atoms with Crippen LogP contribution in [0.15, 0.2) is 42.5 Å². The summed E-state index contributed by atoms with van der Waals surface area (Å²) >= 11 is 0. The molecule has 6 heteroatoms. The van der Waals surface area contributed by atoms with Crippen LogP contribution in [0.1, 0.15) is 46.7 Å². The molecule has 4 rings (SSSR count). The highest BCUT2D eigenvalue weighted by molar-refractivity contribution is 5.85. The lowest BCUT2D eigenvalue weighted by Gasteiger charge is -2.37. The highest BCUT2D eigenvalue weighted by Crippen LogP contribution is 2.36. The van der Waals surface area contributed by atoms with E-state index in [-0.39, 0.29) is 24.3 Å². The molecule has 2 heterocycles. The molecule has 0 saturated carbocycles. The van der Waals surface area contributed by atoms with Crippen molar-refractivity contribution >= 4 is 18.2 Å². The Bertz CT molecular complexity index is 1040. The second kappa shape index (κ2) is 9.00. The molecule has 2 aromatic carbocycles. The van der Waals surface area contributed by atoms with Crippen LogP contribution in [-0.4, -0.2) is 23.6 Å². The highest BCUT2D eigenvalue weighted by atomic mass is 35.5. The van der Waals surface area contributed by atoms with Gasteiger partial charge in [-0.2, -0.15) is 0 Å². The number of benzene rings is 2. The fourth-order valence-electron chi connectivity index (χ4n) is 4.04. The van der Waals surface area contributed by atoms with E-state index in [1.165, 1.54) is 23.3 Å². The minimum Gasteiger partial charge on any atom is -0.497 e. The number of rotatable bonds is 4. The van der Waals surface area contributed by atoms with Gasteiger partial charge in [-0.25, -0.2) is 14.4 Å². The molecule has 3 aromatic rings. The summed E-state index contributed by atoms with van der Waals surface area (Å²) in [5, 5.41) is 0. The summed E-state index contributed by atoms with van der Waals surface area (Å²) in [6, 6.07) is 13.1. The molecule has 0 radical (unpaired) electrons. The van der Waals surface area contributed by atoms with Crippen LogP contribution in [0.25, 0.3) is 0 Å². The summed E-state index contributed by atoms with van der Waals surface area (Å²) in [5.41, 5.74) is 5.75. The van der Waals surface area contributed by atoms with Crippen LogP contribution in [0, 0.1) is 19.7 Å². The molecular weight excluding hydrogens is 401 g/mol. The van der Waals surface area contributed by atoms with Crippen molar-refractivity contribution in [3.8, 4) is 5.75 Å². The van der Waals surface area contributed by atoms with Crippen molar-refractivity contribution in [3.05, 3.63) is 82.1 Å². The molecule has 4 nitrogen and oxygen atoms in total. The zero-order chi connectivity index (χ0) is 20.5. The molecule has 0 bridgehead atoms. The fraction of sp³-hybridized carbons (Fsp3) is 0.333. The van der Waals surface area contributed by atoms with E-state index < -0.39 is 0 Å². The molecule has 0 amide bonds. The zero-order valence-corrected chi connectivity index (χ0v) is 18.6. The van der Waals surface area contributed by atoms with Crippen molar-refractivity contribution in [2.75, 3.05) is 18.6 Å². The second-order valence-corrected chi connectivity index (χ2v) is 7.66. The van der Waals surface area contributed by atoms with E-state index in [4.69, 9.17) is 9.72 Å². The third kappa shape index (κ3) is 4.26. The van der Waals surface area contributed by atoms with Gasteiger partial charge in [-0.3, -0.25) is 0 Å². The Morgan fingerprint density at radius 1 is 1.10 bits per heavy atom. The van der Waals surface area contributed by atoms with Crippen molar-refractivity contribution in [1.82, 2.24) is 9.97 Å². The largest absolute Gasteiger partial charge is 0.497 e. The van der Waals surface area contributed by atoms with E-state index in [1.54, 1.807) is 19.2 Å². The smallest absolute Gasteiger partial charge is 0.136 e. The Kier molecular flexibility index (Phi) is 6.61. The van der Waals surface area contributed by atoms with Gasteiger partial charge in [0.2, 0.25) is 0 Å². The van der Waals surface area contributed by atoms with E-state index >= 15 is 0 Å². The average molecular weight is 428 g/mol. The van der Waals surface area contributed by atoms with Crippen LogP contribution < -0.4 is 9.64 Å². The molecule has 0 N–H and O–H groups in total. The lowest BCUT2D eigenvalue weighted by atomic mass is 9.93. The van der Waals surface area contributed by atoms with Gasteiger partial charge in [-0.15, -0.1) is 12.4 Å². The number of methoxy groups -OCH3 is 1. The van der Waals surface area contributed by atoms with Gasteiger partial charge in [0.05, 0.1) is 13.2 Å². The summed E-state index contributed by atoms with van der Waals surface area (Å²) in [5.74, 6) is 2.43. The number of aromatic nitrogens is 2. The number of hydrogen-bond donors (Lipinski definition) is 0. The van der Waals surface area contributed by atoms with Crippen LogP contribution >= 0.6 is 12.4 Å². The third-order valence-electron chi connectivity index (χ3n) is 5.85. The molecule has 0 saturated heterocycles. The van der Waals surface area contributed by atoms with E-state index in [0.29, 0.717) is 6.42 Å². The highest BCUT2D eigenvalue weighted by Gasteiger charge is 2.27. The van der Waals surface area contributed by atoms with Gasteiger partial charge in [0.1, 0.15) is 23.2 Å². The number of halogens is 2. The van der Waals surface area contributed by atoms with Crippen molar-refractivity contribution < 1.29 is 9.13 Å². The number of anilines is 1. The van der Waals surface area contributed by atoms with Crippen molar-refractivity contribution in [3.63, 3.8) is 0 Å². The quantitative estimate of drug-likeness (QED) is 0.560. The van der Waals surface area contributed by atoms with Gasteiger partial charge in [-0.05, 0) is 68.1 Å². The lowest BCUT2D eigenvalue weighted by Crippen LogP contribution is -2.35. The maximum absolute atomic E-state index is 13.2. The monoisotopic (exact) mass is 427 g/mol. The SMILES string of the molecule is COc1ccc2c(c1)CCN(c1nc(Cc3ccc(F)cc3)nc(C)c1C)C2C.Cl. The van der Waals surface area contributed by atoms with Gasteiger partial charge in [0.15, 0.2) is 0 Å². The first-order valence-corrected chi connectivity index (χ1v) is 9.98. The summed E-state index contributed by atoms with van der Waals surface area (Å²) in [4.78, 5) is 12.0. The predicted molar refractivity (Wildman–Crippen MR) is 120 cm³/mol.